The Balaban J connectivity index is 1.39. The fraction of sp³-hybridized carbons (Fsp3) is 0.348. The average Bonchev–Trinajstić information content (AvgIpc) is 2.80. The molecule has 0 aromatic heterocycles. The van der Waals surface area contributed by atoms with E-state index in [1.807, 2.05) is 30.3 Å². The van der Waals surface area contributed by atoms with Crippen molar-refractivity contribution >= 4 is 29.3 Å². The molecule has 0 radical (unpaired) electrons. The lowest BCUT2D eigenvalue weighted by Crippen LogP contribution is -2.71. The summed E-state index contributed by atoms with van der Waals surface area (Å²) in [4.78, 5) is 41.8. The number of carbonyl (C=O) groups is 3. The van der Waals surface area contributed by atoms with Crippen LogP contribution in [0.15, 0.2) is 54.6 Å². The minimum Gasteiger partial charge on any atom is -0.371 e. The molecule has 8 heteroatoms. The summed E-state index contributed by atoms with van der Waals surface area (Å²) in [5.74, 6) is -0.629. The third kappa shape index (κ3) is 4.57. The monoisotopic (exact) mass is 441 g/mol. The molecular weight excluding hydrogens is 418 g/mol. The van der Waals surface area contributed by atoms with Crippen LogP contribution in [-0.4, -0.2) is 65.3 Å². The van der Waals surface area contributed by atoms with E-state index in [2.05, 4.69) is 5.32 Å². The van der Waals surface area contributed by atoms with Gasteiger partial charge in [-0.3, -0.25) is 14.4 Å². The van der Waals surface area contributed by atoms with Crippen LogP contribution in [0.5, 0.6) is 0 Å². The van der Waals surface area contributed by atoms with E-state index in [1.165, 1.54) is 0 Å². The summed E-state index contributed by atoms with van der Waals surface area (Å²) >= 11 is 5.89. The molecule has 2 aromatic rings. The van der Waals surface area contributed by atoms with Crippen LogP contribution in [0, 0.1) is 0 Å². The van der Waals surface area contributed by atoms with Crippen LogP contribution < -0.4 is 5.32 Å². The molecule has 0 spiro atoms. The van der Waals surface area contributed by atoms with Gasteiger partial charge in [0.2, 0.25) is 11.8 Å². The van der Waals surface area contributed by atoms with Crippen LogP contribution in [0.2, 0.25) is 5.02 Å². The maximum absolute atomic E-state index is 13.1. The molecule has 3 atom stereocenters. The molecule has 2 aromatic carbocycles. The Morgan fingerprint density at radius 2 is 1.84 bits per heavy atom. The topological polar surface area (TPSA) is 79.0 Å². The van der Waals surface area contributed by atoms with Crippen molar-refractivity contribution in [2.75, 3.05) is 19.6 Å². The minimum atomic E-state index is -0.744. The van der Waals surface area contributed by atoms with Crippen LogP contribution >= 0.6 is 11.6 Å². The van der Waals surface area contributed by atoms with Gasteiger partial charge in [-0.15, -0.1) is 0 Å². The van der Waals surface area contributed by atoms with Gasteiger partial charge in [0, 0.05) is 23.7 Å². The standard InChI is InChI=1S/C23H24ClN3O4/c1-15(31-14-16-5-3-2-4-6-16)20-23(30)27-12-11-26(13-19(27)21(28)25-20)22(29)17-7-9-18(24)10-8-17/h2-10,15,19-20H,11-14H2,1H3,(H,25,28)/t15-,19-,20+/m1/s1. The number of hydrogen-bond acceptors (Lipinski definition) is 4. The van der Waals surface area contributed by atoms with Crippen molar-refractivity contribution in [3.8, 4) is 0 Å². The van der Waals surface area contributed by atoms with E-state index in [9.17, 15) is 14.4 Å². The second-order valence-corrected chi connectivity index (χ2v) is 8.23. The van der Waals surface area contributed by atoms with Crippen LogP contribution in [0.1, 0.15) is 22.8 Å². The summed E-state index contributed by atoms with van der Waals surface area (Å²) in [5.41, 5.74) is 1.50. The van der Waals surface area contributed by atoms with E-state index < -0.39 is 18.2 Å². The molecule has 162 valence electrons. The highest BCUT2D eigenvalue weighted by Gasteiger charge is 2.46. The van der Waals surface area contributed by atoms with E-state index in [4.69, 9.17) is 16.3 Å². The highest BCUT2D eigenvalue weighted by Crippen LogP contribution is 2.21. The lowest BCUT2D eigenvalue weighted by Gasteiger charge is -2.46. The van der Waals surface area contributed by atoms with Gasteiger partial charge in [-0.1, -0.05) is 41.9 Å². The van der Waals surface area contributed by atoms with E-state index in [-0.39, 0.29) is 24.3 Å². The highest BCUT2D eigenvalue weighted by atomic mass is 35.5. The molecule has 2 aliphatic heterocycles. The van der Waals surface area contributed by atoms with Crippen molar-refractivity contribution in [1.82, 2.24) is 15.1 Å². The zero-order valence-electron chi connectivity index (χ0n) is 17.2. The summed E-state index contributed by atoms with van der Waals surface area (Å²) in [5, 5.41) is 3.35. The third-order valence-electron chi connectivity index (χ3n) is 5.73. The maximum Gasteiger partial charge on any atom is 0.254 e. The third-order valence-corrected chi connectivity index (χ3v) is 5.99. The molecule has 1 N–H and O–H groups in total. The summed E-state index contributed by atoms with van der Waals surface area (Å²) in [6.45, 7) is 2.97. The highest BCUT2D eigenvalue weighted by molar-refractivity contribution is 6.30. The normalized spacial score (nSPS) is 22.0. The molecular formula is C23H24ClN3O4. The number of hydrogen-bond donors (Lipinski definition) is 1. The Morgan fingerprint density at radius 1 is 1.13 bits per heavy atom. The van der Waals surface area contributed by atoms with Crippen LogP contribution in [0.4, 0.5) is 0 Å². The smallest absolute Gasteiger partial charge is 0.254 e. The molecule has 0 saturated carbocycles. The number of amides is 3. The molecule has 0 unspecified atom stereocenters. The quantitative estimate of drug-likeness (QED) is 0.770. The van der Waals surface area contributed by atoms with E-state index in [1.54, 1.807) is 41.0 Å². The van der Waals surface area contributed by atoms with Gasteiger partial charge in [0.15, 0.2) is 0 Å². The predicted molar refractivity (Wildman–Crippen MR) is 115 cm³/mol. The van der Waals surface area contributed by atoms with Crippen molar-refractivity contribution < 1.29 is 19.1 Å². The van der Waals surface area contributed by atoms with E-state index in [0.29, 0.717) is 30.3 Å². The van der Waals surface area contributed by atoms with E-state index in [0.717, 1.165) is 5.56 Å². The Bertz CT molecular complexity index is 967. The van der Waals surface area contributed by atoms with Crippen molar-refractivity contribution in [2.24, 2.45) is 0 Å². The Labute approximate surface area is 185 Å². The SMILES string of the molecule is C[C@@H](OCc1ccccc1)[C@@H]1NC(=O)[C@H]2CN(C(=O)c3ccc(Cl)cc3)CCN2C1=O. The maximum atomic E-state index is 13.1. The number of nitrogens with one attached hydrogen (secondary N) is 1. The lowest BCUT2D eigenvalue weighted by molar-refractivity contribution is -0.156. The molecule has 7 nitrogen and oxygen atoms in total. The fourth-order valence-electron chi connectivity index (χ4n) is 3.94. The number of halogens is 1. The number of nitrogens with zero attached hydrogens (tertiary/aromatic N) is 2. The summed E-state index contributed by atoms with van der Waals surface area (Å²) in [6.07, 6.45) is -0.480. The fourth-order valence-corrected chi connectivity index (χ4v) is 4.06. The first-order valence-electron chi connectivity index (χ1n) is 10.3. The molecule has 2 saturated heterocycles. The molecule has 4 rings (SSSR count). The first-order valence-corrected chi connectivity index (χ1v) is 10.6. The molecule has 3 amide bonds. The summed E-state index contributed by atoms with van der Waals surface area (Å²) in [6, 6.07) is 14.8. The zero-order chi connectivity index (χ0) is 22.0. The number of rotatable bonds is 5. The molecule has 0 aliphatic carbocycles. The van der Waals surface area contributed by atoms with Gasteiger partial charge >= 0.3 is 0 Å². The van der Waals surface area contributed by atoms with Crippen molar-refractivity contribution in [2.45, 2.75) is 31.7 Å². The van der Waals surface area contributed by atoms with Crippen LogP contribution in [0.25, 0.3) is 0 Å². The van der Waals surface area contributed by atoms with Crippen LogP contribution in [-0.2, 0) is 20.9 Å². The zero-order valence-corrected chi connectivity index (χ0v) is 17.9. The number of piperazine rings is 2. The largest absolute Gasteiger partial charge is 0.371 e. The Morgan fingerprint density at radius 3 is 2.55 bits per heavy atom. The van der Waals surface area contributed by atoms with Gasteiger partial charge in [-0.05, 0) is 36.8 Å². The van der Waals surface area contributed by atoms with Gasteiger partial charge in [0.25, 0.3) is 5.91 Å². The van der Waals surface area contributed by atoms with Gasteiger partial charge in [-0.25, -0.2) is 0 Å². The van der Waals surface area contributed by atoms with Crippen molar-refractivity contribution in [1.29, 1.82) is 0 Å². The Kier molecular flexibility index (Phi) is 6.25. The number of benzene rings is 2. The summed E-state index contributed by atoms with van der Waals surface area (Å²) in [7, 11) is 0. The van der Waals surface area contributed by atoms with Gasteiger partial charge in [-0.2, -0.15) is 0 Å². The first kappa shape index (κ1) is 21.3. The van der Waals surface area contributed by atoms with Crippen molar-refractivity contribution in [3.05, 3.63) is 70.7 Å². The number of fused-ring (bicyclic) bond motifs is 1. The van der Waals surface area contributed by atoms with Crippen molar-refractivity contribution in [3.63, 3.8) is 0 Å². The molecule has 2 aliphatic rings. The average molecular weight is 442 g/mol. The van der Waals surface area contributed by atoms with Crippen LogP contribution in [0.3, 0.4) is 0 Å². The van der Waals surface area contributed by atoms with Gasteiger partial charge in [0.1, 0.15) is 12.1 Å². The van der Waals surface area contributed by atoms with Gasteiger partial charge < -0.3 is 19.9 Å². The second-order valence-electron chi connectivity index (χ2n) is 7.79. The Hall–Kier alpha value is -2.90. The molecule has 2 heterocycles. The number of ether oxygens (including phenoxy) is 1. The molecule has 31 heavy (non-hydrogen) atoms. The molecule has 2 fully saturated rings. The molecule has 0 bridgehead atoms. The minimum absolute atomic E-state index is 0.158. The summed E-state index contributed by atoms with van der Waals surface area (Å²) < 4.78 is 5.86. The lowest BCUT2D eigenvalue weighted by atomic mass is 10.0. The van der Waals surface area contributed by atoms with E-state index >= 15 is 0 Å². The number of carbonyl (C=O) groups excluding carboxylic acids is 3. The first-order chi connectivity index (χ1) is 14.9. The predicted octanol–water partition coefficient (Wildman–Crippen LogP) is 2.10. The second kappa shape index (κ2) is 9.08. The van der Waals surface area contributed by atoms with Gasteiger partial charge in [0.05, 0.1) is 19.3 Å².